The Morgan fingerprint density at radius 1 is 1.43 bits per heavy atom. The molecule has 1 aliphatic carbocycles. The van der Waals surface area contributed by atoms with Crippen LogP contribution in [0.4, 0.5) is 0 Å². The summed E-state index contributed by atoms with van der Waals surface area (Å²) in [6, 6.07) is 6.13. The standard InChI is InChI=1S/C15H14BrN3O2/c1-21-10-5-9(6-10)19-14-11-4-8(16)2-3-12(11)17-7-13(14)18-15(19)20/h2-4,7,9-10H,5-6H2,1H3,(H,18,20). The Bertz CT molecular complexity index is 893. The van der Waals surface area contributed by atoms with E-state index < -0.39 is 0 Å². The van der Waals surface area contributed by atoms with E-state index in [-0.39, 0.29) is 17.8 Å². The SMILES string of the molecule is COC1CC(n2c(=O)[nH]c3cnc4ccc(Br)cc4c32)C1. The summed E-state index contributed by atoms with van der Waals surface area (Å²) < 4.78 is 8.17. The molecule has 0 atom stereocenters. The number of imidazole rings is 1. The first-order valence-electron chi connectivity index (χ1n) is 6.88. The number of methoxy groups -OCH3 is 1. The second-order valence-electron chi connectivity index (χ2n) is 5.47. The minimum absolute atomic E-state index is 0.0705. The fourth-order valence-corrected chi connectivity index (χ4v) is 3.43. The number of nitrogens with zero attached hydrogens (tertiary/aromatic N) is 2. The van der Waals surface area contributed by atoms with Crippen molar-refractivity contribution >= 4 is 37.9 Å². The number of benzene rings is 1. The van der Waals surface area contributed by atoms with E-state index in [4.69, 9.17) is 4.74 Å². The van der Waals surface area contributed by atoms with E-state index in [9.17, 15) is 4.79 Å². The van der Waals surface area contributed by atoms with Gasteiger partial charge in [-0.25, -0.2) is 4.79 Å². The third kappa shape index (κ3) is 1.93. The summed E-state index contributed by atoms with van der Waals surface area (Å²) in [6.45, 7) is 0. The van der Waals surface area contributed by atoms with Crippen LogP contribution in [0.25, 0.3) is 21.9 Å². The van der Waals surface area contributed by atoms with E-state index in [1.807, 2.05) is 22.8 Å². The van der Waals surface area contributed by atoms with Gasteiger partial charge in [0, 0.05) is 23.0 Å². The van der Waals surface area contributed by atoms with E-state index in [2.05, 4.69) is 25.9 Å². The molecule has 0 saturated heterocycles. The molecule has 3 aromatic rings. The van der Waals surface area contributed by atoms with Crippen molar-refractivity contribution < 1.29 is 4.74 Å². The van der Waals surface area contributed by atoms with Gasteiger partial charge < -0.3 is 9.72 Å². The van der Waals surface area contributed by atoms with E-state index in [0.717, 1.165) is 39.3 Å². The highest BCUT2D eigenvalue weighted by atomic mass is 79.9. The van der Waals surface area contributed by atoms with Gasteiger partial charge in [0.05, 0.1) is 28.9 Å². The highest BCUT2D eigenvalue weighted by Crippen LogP contribution is 2.36. The zero-order chi connectivity index (χ0) is 14.6. The normalized spacial score (nSPS) is 21.8. The third-order valence-corrected chi connectivity index (χ3v) is 4.76. The minimum Gasteiger partial charge on any atom is -0.381 e. The van der Waals surface area contributed by atoms with Crippen molar-refractivity contribution in [3.05, 3.63) is 39.4 Å². The fourth-order valence-electron chi connectivity index (χ4n) is 3.07. The van der Waals surface area contributed by atoms with Gasteiger partial charge in [-0.2, -0.15) is 0 Å². The number of hydrogen-bond acceptors (Lipinski definition) is 3. The van der Waals surface area contributed by atoms with Crippen molar-refractivity contribution in [3.63, 3.8) is 0 Å². The summed E-state index contributed by atoms with van der Waals surface area (Å²) in [5.41, 5.74) is 2.54. The first-order chi connectivity index (χ1) is 10.2. The lowest BCUT2D eigenvalue weighted by Crippen LogP contribution is -2.36. The summed E-state index contributed by atoms with van der Waals surface area (Å²) in [5.74, 6) is 0. The highest BCUT2D eigenvalue weighted by Gasteiger charge is 2.33. The van der Waals surface area contributed by atoms with E-state index in [1.165, 1.54) is 0 Å². The predicted octanol–water partition coefficient (Wildman–Crippen LogP) is 2.99. The zero-order valence-electron chi connectivity index (χ0n) is 11.5. The van der Waals surface area contributed by atoms with Gasteiger partial charge in [0.15, 0.2) is 0 Å². The van der Waals surface area contributed by atoms with Crippen LogP contribution in [-0.4, -0.2) is 27.7 Å². The van der Waals surface area contributed by atoms with E-state index in [1.54, 1.807) is 13.3 Å². The summed E-state index contributed by atoms with van der Waals surface area (Å²) in [6.07, 6.45) is 3.74. The topological polar surface area (TPSA) is 59.9 Å². The number of nitrogens with one attached hydrogen (secondary N) is 1. The van der Waals surface area contributed by atoms with Crippen molar-refractivity contribution in [1.29, 1.82) is 0 Å². The quantitative estimate of drug-likeness (QED) is 0.775. The van der Waals surface area contributed by atoms with Crippen LogP contribution in [-0.2, 0) is 4.74 Å². The molecule has 0 aliphatic heterocycles. The van der Waals surface area contributed by atoms with Gasteiger partial charge in [-0.3, -0.25) is 9.55 Å². The smallest absolute Gasteiger partial charge is 0.326 e. The lowest BCUT2D eigenvalue weighted by Gasteiger charge is -2.34. The number of rotatable bonds is 2. The molecule has 0 spiro atoms. The van der Waals surface area contributed by atoms with Crippen LogP contribution in [0.15, 0.2) is 33.7 Å². The Morgan fingerprint density at radius 3 is 3.00 bits per heavy atom. The predicted molar refractivity (Wildman–Crippen MR) is 84.6 cm³/mol. The largest absolute Gasteiger partial charge is 0.381 e. The molecule has 108 valence electrons. The van der Waals surface area contributed by atoms with Crippen LogP contribution >= 0.6 is 15.9 Å². The lowest BCUT2D eigenvalue weighted by atomic mass is 9.89. The molecule has 1 saturated carbocycles. The molecule has 6 heteroatoms. The summed E-state index contributed by atoms with van der Waals surface area (Å²) >= 11 is 3.49. The Hall–Kier alpha value is -1.66. The Balaban J connectivity index is 1.99. The Kier molecular flexibility index (Phi) is 2.90. The fraction of sp³-hybridized carbons (Fsp3) is 0.333. The minimum atomic E-state index is -0.0705. The highest BCUT2D eigenvalue weighted by molar-refractivity contribution is 9.10. The van der Waals surface area contributed by atoms with Crippen LogP contribution in [0.5, 0.6) is 0 Å². The Labute approximate surface area is 129 Å². The molecule has 2 heterocycles. The molecule has 4 rings (SSSR count). The van der Waals surface area contributed by atoms with Gasteiger partial charge >= 0.3 is 5.69 Å². The molecular weight excluding hydrogens is 334 g/mol. The number of halogens is 1. The van der Waals surface area contributed by atoms with Gasteiger partial charge in [-0.05, 0) is 31.0 Å². The van der Waals surface area contributed by atoms with E-state index >= 15 is 0 Å². The number of hydrogen-bond donors (Lipinski definition) is 1. The third-order valence-electron chi connectivity index (χ3n) is 4.27. The second kappa shape index (κ2) is 4.68. The van der Waals surface area contributed by atoms with Crippen molar-refractivity contribution in [3.8, 4) is 0 Å². The first-order valence-corrected chi connectivity index (χ1v) is 7.68. The molecule has 0 radical (unpaired) electrons. The van der Waals surface area contributed by atoms with Gasteiger partial charge in [0.25, 0.3) is 0 Å². The zero-order valence-corrected chi connectivity index (χ0v) is 13.1. The number of aromatic amines is 1. The van der Waals surface area contributed by atoms with Crippen LogP contribution in [0.2, 0.25) is 0 Å². The summed E-state index contributed by atoms with van der Waals surface area (Å²) in [7, 11) is 1.72. The average Bonchev–Trinajstić information content (AvgIpc) is 2.75. The molecule has 5 nitrogen and oxygen atoms in total. The number of ether oxygens (including phenoxy) is 1. The molecule has 1 aromatic carbocycles. The van der Waals surface area contributed by atoms with Gasteiger partial charge in [-0.1, -0.05) is 15.9 Å². The van der Waals surface area contributed by atoms with Crippen molar-refractivity contribution in [1.82, 2.24) is 14.5 Å². The molecule has 2 aromatic heterocycles. The average molecular weight is 348 g/mol. The van der Waals surface area contributed by atoms with Crippen molar-refractivity contribution in [2.75, 3.05) is 7.11 Å². The van der Waals surface area contributed by atoms with Crippen LogP contribution in [0, 0.1) is 0 Å². The molecule has 21 heavy (non-hydrogen) atoms. The second-order valence-corrected chi connectivity index (χ2v) is 6.38. The number of H-pyrrole nitrogens is 1. The van der Waals surface area contributed by atoms with Crippen LogP contribution in [0.1, 0.15) is 18.9 Å². The summed E-state index contributed by atoms with van der Waals surface area (Å²) in [4.78, 5) is 19.6. The molecule has 0 amide bonds. The maximum atomic E-state index is 12.3. The molecule has 0 bridgehead atoms. The number of fused-ring (bicyclic) bond motifs is 3. The maximum Gasteiger partial charge on any atom is 0.326 e. The lowest BCUT2D eigenvalue weighted by molar-refractivity contribution is 0.00653. The Morgan fingerprint density at radius 2 is 2.24 bits per heavy atom. The number of aromatic nitrogens is 3. The van der Waals surface area contributed by atoms with Crippen LogP contribution < -0.4 is 5.69 Å². The molecule has 1 aliphatic rings. The monoisotopic (exact) mass is 347 g/mol. The maximum absolute atomic E-state index is 12.3. The van der Waals surface area contributed by atoms with Crippen LogP contribution in [0.3, 0.4) is 0 Å². The van der Waals surface area contributed by atoms with Gasteiger partial charge in [0.1, 0.15) is 0 Å². The molecule has 0 unspecified atom stereocenters. The van der Waals surface area contributed by atoms with Gasteiger partial charge in [0.2, 0.25) is 0 Å². The van der Waals surface area contributed by atoms with Crippen molar-refractivity contribution in [2.24, 2.45) is 0 Å². The molecule has 1 N–H and O–H groups in total. The van der Waals surface area contributed by atoms with Gasteiger partial charge in [-0.15, -0.1) is 0 Å². The van der Waals surface area contributed by atoms with Crippen molar-refractivity contribution in [2.45, 2.75) is 25.0 Å². The number of pyridine rings is 1. The first kappa shape index (κ1) is 13.0. The molecule has 1 fully saturated rings. The molecular formula is C15H14BrN3O2. The van der Waals surface area contributed by atoms with E-state index in [0.29, 0.717) is 0 Å². The summed E-state index contributed by atoms with van der Waals surface area (Å²) in [5, 5.41) is 0.987.